The molecule has 1 saturated heterocycles. The van der Waals surface area contributed by atoms with Crippen molar-refractivity contribution in [3.8, 4) is 0 Å². The van der Waals surface area contributed by atoms with E-state index in [0.29, 0.717) is 11.0 Å². The first kappa shape index (κ1) is 15.2. The SMILES string of the molecule is C=C(Br)CNC(=O)CCN1C(=O)[C@H]2CCCC[C@@H]2C1=O. The molecule has 1 aliphatic carbocycles. The van der Waals surface area contributed by atoms with Crippen LogP contribution in [0.1, 0.15) is 32.1 Å². The molecule has 2 rings (SSSR count). The fourth-order valence-electron chi connectivity index (χ4n) is 2.95. The predicted molar refractivity (Wildman–Crippen MR) is 77.9 cm³/mol. The molecule has 0 bridgehead atoms. The van der Waals surface area contributed by atoms with E-state index in [9.17, 15) is 14.4 Å². The first-order valence-electron chi connectivity index (χ1n) is 6.96. The fourth-order valence-corrected chi connectivity index (χ4v) is 3.09. The van der Waals surface area contributed by atoms with Gasteiger partial charge in [0.05, 0.1) is 11.8 Å². The molecule has 2 fully saturated rings. The smallest absolute Gasteiger partial charge is 0.233 e. The van der Waals surface area contributed by atoms with Gasteiger partial charge in [0.1, 0.15) is 0 Å². The third kappa shape index (κ3) is 3.29. The molecule has 0 aromatic rings. The van der Waals surface area contributed by atoms with E-state index in [1.807, 2.05) is 0 Å². The molecule has 0 aromatic carbocycles. The van der Waals surface area contributed by atoms with Crippen LogP contribution < -0.4 is 5.32 Å². The Bertz CT molecular complexity index is 426. The fraction of sp³-hybridized carbons (Fsp3) is 0.643. The third-order valence-electron chi connectivity index (χ3n) is 3.97. The van der Waals surface area contributed by atoms with Gasteiger partial charge in [0.25, 0.3) is 0 Å². The Balaban J connectivity index is 1.86. The molecule has 2 atom stereocenters. The Morgan fingerprint density at radius 3 is 2.30 bits per heavy atom. The van der Waals surface area contributed by atoms with Crippen molar-refractivity contribution in [2.75, 3.05) is 13.1 Å². The predicted octanol–water partition coefficient (Wildman–Crippen LogP) is 1.58. The molecule has 1 aliphatic heterocycles. The van der Waals surface area contributed by atoms with Crippen LogP contribution in [0.3, 0.4) is 0 Å². The molecular weight excluding hydrogens is 324 g/mol. The summed E-state index contributed by atoms with van der Waals surface area (Å²) in [5.41, 5.74) is 0. The zero-order chi connectivity index (χ0) is 14.7. The highest BCUT2D eigenvalue weighted by molar-refractivity contribution is 9.11. The summed E-state index contributed by atoms with van der Waals surface area (Å²) in [5.74, 6) is -0.626. The molecule has 0 spiro atoms. The minimum atomic E-state index is -0.180. The number of imide groups is 1. The van der Waals surface area contributed by atoms with Gasteiger partial charge >= 0.3 is 0 Å². The second-order valence-corrected chi connectivity index (χ2v) is 6.49. The van der Waals surface area contributed by atoms with E-state index in [4.69, 9.17) is 0 Å². The van der Waals surface area contributed by atoms with Crippen LogP contribution in [0, 0.1) is 11.8 Å². The van der Waals surface area contributed by atoms with Crippen molar-refractivity contribution in [2.45, 2.75) is 32.1 Å². The van der Waals surface area contributed by atoms with E-state index in [0.717, 1.165) is 25.7 Å². The Labute approximate surface area is 126 Å². The van der Waals surface area contributed by atoms with Gasteiger partial charge in [-0.2, -0.15) is 0 Å². The molecule has 0 radical (unpaired) electrons. The van der Waals surface area contributed by atoms with E-state index in [2.05, 4.69) is 27.8 Å². The lowest BCUT2D eigenvalue weighted by Gasteiger charge is -2.19. The van der Waals surface area contributed by atoms with Gasteiger partial charge < -0.3 is 5.32 Å². The van der Waals surface area contributed by atoms with Crippen molar-refractivity contribution in [3.63, 3.8) is 0 Å². The van der Waals surface area contributed by atoms with Crippen molar-refractivity contribution in [3.05, 3.63) is 11.1 Å². The second kappa shape index (κ2) is 6.52. The highest BCUT2D eigenvalue weighted by atomic mass is 79.9. The van der Waals surface area contributed by atoms with Crippen molar-refractivity contribution in [2.24, 2.45) is 11.8 Å². The van der Waals surface area contributed by atoms with E-state index in [1.54, 1.807) is 0 Å². The summed E-state index contributed by atoms with van der Waals surface area (Å²) in [4.78, 5) is 37.3. The average molecular weight is 343 g/mol. The summed E-state index contributed by atoms with van der Waals surface area (Å²) in [7, 11) is 0. The number of carbonyl (C=O) groups is 3. The van der Waals surface area contributed by atoms with Crippen LogP contribution in [0.25, 0.3) is 0 Å². The average Bonchev–Trinajstić information content (AvgIpc) is 2.67. The maximum atomic E-state index is 12.2. The monoisotopic (exact) mass is 342 g/mol. The first-order chi connectivity index (χ1) is 9.50. The molecule has 5 nitrogen and oxygen atoms in total. The first-order valence-corrected chi connectivity index (χ1v) is 7.75. The van der Waals surface area contributed by atoms with Gasteiger partial charge in [-0.25, -0.2) is 0 Å². The molecule has 20 heavy (non-hydrogen) atoms. The third-order valence-corrected chi connectivity index (χ3v) is 4.25. The van der Waals surface area contributed by atoms with Gasteiger partial charge in [0, 0.05) is 24.0 Å². The number of fused-ring (bicyclic) bond motifs is 1. The molecule has 2 aliphatic rings. The van der Waals surface area contributed by atoms with Crippen LogP contribution >= 0.6 is 15.9 Å². The van der Waals surface area contributed by atoms with Gasteiger partial charge in [0.2, 0.25) is 17.7 Å². The minimum absolute atomic E-state index is 0.0857. The lowest BCUT2D eigenvalue weighted by atomic mass is 9.81. The molecule has 1 N–H and O–H groups in total. The summed E-state index contributed by atoms with van der Waals surface area (Å²) < 4.78 is 0.685. The van der Waals surface area contributed by atoms with Crippen LogP contribution in [0.4, 0.5) is 0 Å². The molecule has 0 aromatic heterocycles. The molecule has 0 unspecified atom stereocenters. The van der Waals surface area contributed by atoms with Gasteiger partial charge in [0.15, 0.2) is 0 Å². The Morgan fingerprint density at radius 1 is 1.25 bits per heavy atom. The van der Waals surface area contributed by atoms with Gasteiger partial charge in [-0.3, -0.25) is 19.3 Å². The van der Waals surface area contributed by atoms with E-state index in [1.165, 1.54) is 4.90 Å². The molecule has 6 heteroatoms. The second-order valence-electron chi connectivity index (χ2n) is 5.37. The molecule has 110 valence electrons. The van der Waals surface area contributed by atoms with Crippen LogP contribution in [-0.4, -0.2) is 35.7 Å². The summed E-state index contributed by atoms with van der Waals surface area (Å²) in [5, 5.41) is 2.66. The highest BCUT2D eigenvalue weighted by Gasteiger charge is 2.47. The quantitative estimate of drug-likeness (QED) is 0.771. The number of halogens is 1. The van der Waals surface area contributed by atoms with Crippen LogP contribution in [0.2, 0.25) is 0 Å². The van der Waals surface area contributed by atoms with E-state index in [-0.39, 0.29) is 42.5 Å². The number of hydrogen-bond donors (Lipinski definition) is 1. The van der Waals surface area contributed by atoms with Crippen LogP contribution in [0.15, 0.2) is 11.1 Å². The number of hydrogen-bond acceptors (Lipinski definition) is 3. The number of nitrogens with one attached hydrogen (secondary N) is 1. The number of nitrogens with zero attached hydrogens (tertiary/aromatic N) is 1. The van der Waals surface area contributed by atoms with Gasteiger partial charge in [-0.1, -0.05) is 35.4 Å². The molecule has 1 heterocycles. The van der Waals surface area contributed by atoms with Crippen LogP contribution in [-0.2, 0) is 14.4 Å². The minimum Gasteiger partial charge on any atom is -0.351 e. The van der Waals surface area contributed by atoms with Crippen molar-refractivity contribution in [1.29, 1.82) is 0 Å². The highest BCUT2D eigenvalue weighted by Crippen LogP contribution is 2.37. The van der Waals surface area contributed by atoms with Crippen molar-refractivity contribution in [1.82, 2.24) is 10.2 Å². The number of rotatable bonds is 5. The lowest BCUT2D eigenvalue weighted by molar-refractivity contribution is -0.140. The Morgan fingerprint density at radius 2 is 1.80 bits per heavy atom. The Hall–Kier alpha value is -1.17. The standard InChI is InChI=1S/C14H19BrN2O3/c1-9(15)8-16-12(18)6-7-17-13(19)10-4-2-3-5-11(10)14(17)20/h10-11H,1-8H2,(H,16,18)/t10-,11-/m0/s1. The summed E-state index contributed by atoms with van der Waals surface area (Å²) in [6.07, 6.45) is 3.80. The van der Waals surface area contributed by atoms with Crippen molar-refractivity contribution < 1.29 is 14.4 Å². The molecular formula is C14H19BrN2O3. The zero-order valence-corrected chi connectivity index (χ0v) is 12.9. The number of carbonyl (C=O) groups excluding carboxylic acids is 3. The van der Waals surface area contributed by atoms with Crippen molar-refractivity contribution >= 4 is 33.7 Å². The summed E-state index contributed by atoms with van der Waals surface area (Å²) in [6.45, 7) is 4.16. The number of amides is 3. The van der Waals surface area contributed by atoms with Gasteiger partial charge in [-0.15, -0.1) is 0 Å². The molecule has 1 saturated carbocycles. The normalized spacial score (nSPS) is 25.6. The summed E-state index contributed by atoms with van der Waals surface area (Å²) in [6, 6.07) is 0. The van der Waals surface area contributed by atoms with E-state index < -0.39 is 0 Å². The maximum absolute atomic E-state index is 12.2. The lowest BCUT2D eigenvalue weighted by Crippen LogP contribution is -2.35. The van der Waals surface area contributed by atoms with Crippen LogP contribution in [0.5, 0.6) is 0 Å². The zero-order valence-electron chi connectivity index (χ0n) is 11.4. The topological polar surface area (TPSA) is 66.5 Å². The number of likely N-dealkylation sites (tertiary alicyclic amines) is 1. The largest absolute Gasteiger partial charge is 0.351 e. The molecule has 3 amide bonds. The Kier molecular flexibility index (Phi) is 4.96. The maximum Gasteiger partial charge on any atom is 0.233 e. The summed E-state index contributed by atoms with van der Waals surface area (Å²) >= 11 is 3.15. The van der Waals surface area contributed by atoms with E-state index >= 15 is 0 Å². The van der Waals surface area contributed by atoms with Gasteiger partial charge in [-0.05, 0) is 12.8 Å².